The average molecular weight is 472 g/mol. The lowest BCUT2D eigenvalue weighted by atomic mass is 10.2. The average Bonchev–Trinajstić information content (AvgIpc) is 3.05. The topological polar surface area (TPSA) is 73.1 Å². The summed E-state index contributed by atoms with van der Waals surface area (Å²) < 4.78 is 25.9. The number of pyridine rings is 1. The van der Waals surface area contributed by atoms with Crippen LogP contribution in [0.3, 0.4) is 0 Å². The Kier molecular flexibility index (Phi) is 6.63. The van der Waals surface area contributed by atoms with Crippen LogP contribution in [-0.4, -0.2) is 44.8 Å². The molecule has 0 bridgehead atoms. The molecule has 164 valence electrons. The Morgan fingerprint density at radius 3 is 2.72 bits per heavy atom. The highest BCUT2D eigenvalue weighted by atomic mass is 32.2. The SMILES string of the molecule is COCCCN1C(=O)/C(=C/c2c(Oc3ccc(F)cc3)nc3ccccn3c2=O)SC1=S. The Hall–Kier alpha value is -3.08. The van der Waals surface area contributed by atoms with Crippen molar-refractivity contribution in [1.82, 2.24) is 14.3 Å². The fraction of sp³-hybridized carbons (Fsp3) is 0.182. The lowest BCUT2D eigenvalue weighted by Crippen LogP contribution is -2.29. The maximum absolute atomic E-state index is 13.3. The smallest absolute Gasteiger partial charge is 0.269 e. The summed E-state index contributed by atoms with van der Waals surface area (Å²) in [4.78, 5) is 32.3. The molecule has 3 aromatic rings. The van der Waals surface area contributed by atoms with E-state index in [0.29, 0.717) is 40.2 Å². The first-order valence-electron chi connectivity index (χ1n) is 9.67. The Balaban J connectivity index is 1.76. The summed E-state index contributed by atoms with van der Waals surface area (Å²) in [6.07, 6.45) is 3.66. The number of carbonyl (C=O) groups is 1. The zero-order valence-electron chi connectivity index (χ0n) is 17.0. The summed E-state index contributed by atoms with van der Waals surface area (Å²) in [7, 11) is 1.59. The first kappa shape index (κ1) is 22.1. The third-order valence-electron chi connectivity index (χ3n) is 4.64. The van der Waals surface area contributed by atoms with E-state index in [2.05, 4.69) is 4.98 Å². The summed E-state index contributed by atoms with van der Waals surface area (Å²) in [6, 6.07) is 10.5. The van der Waals surface area contributed by atoms with Gasteiger partial charge in [-0.05, 0) is 48.9 Å². The van der Waals surface area contributed by atoms with Crippen molar-refractivity contribution in [3.05, 3.63) is 75.3 Å². The first-order chi connectivity index (χ1) is 15.5. The van der Waals surface area contributed by atoms with E-state index in [1.807, 2.05) is 0 Å². The molecule has 1 aliphatic heterocycles. The summed E-state index contributed by atoms with van der Waals surface area (Å²) in [5.41, 5.74) is 0.0617. The van der Waals surface area contributed by atoms with Crippen molar-refractivity contribution in [1.29, 1.82) is 0 Å². The molecule has 32 heavy (non-hydrogen) atoms. The van der Waals surface area contributed by atoms with Crippen molar-refractivity contribution in [2.24, 2.45) is 0 Å². The van der Waals surface area contributed by atoms with Crippen LogP contribution in [0.25, 0.3) is 11.7 Å². The predicted molar refractivity (Wildman–Crippen MR) is 124 cm³/mol. The molecule has 1 saturated heterocycles. The van der Waals surface area contributed by atoms with Crippen LogP contribution in [0.15, 0.2) is 58.4 Å². The number of nitrogens with zero attached hydrogens (tertiary/aromatic N) is 3. The first-order valence-corrected chi connectivity index (χ1v) is 10.9. The van der Waals surface area contributed by atoms with Gasteiger partial charge in [-0.1, -0.05) is 30.0 Å². The summed E-state index contributed by atoms with van der Waals surface area (Å²) in [5.74, 6) is -0.388. The Morgan fingerprint density at radius 1 is 1.19 bits per heavy atom. The number of halogens is 1. The van der Waals surface area contributed by atoms with Crippen molar-refractivity contribution in [2.45, 2.75) is 6.42 Å². The second-order valence-corrected chi connectivity index (χ2v) is 8.48. The molecule has 10 heteroatoms. The maximum Gasteiger partial charge on any atom is 0.269 e. The molecular weight excluding hydrogens is 453 g/mol. The van der Waals surface area contributed by atoms with Gasteiger partial charge in [-0.2, -0.15) is 4.98 Å². The van der Waals surface area contributed by atoms with Gasteiger partial charge in [0.2, 0.25) is 5.88 Å². The molecule has 0 N–H and O–H groups in total. The molecule has 1 aliphatic rings. The van der Waals surface area contributed by atoms with E-state index in [4.69, 9.17) is 21.7 Å². The minimum atomic E-state index is -0.415. The molecular formula is C22H18FN3O4S2. The van der Waals surface area contributed by atoms with Gasteiger partial charge in [0.25, 0.3) is 11.5 Å². The van der Waals surface area contributed by atoms with E-state index in [1.54, 1.807) is 31.5 Å². The van der Waals surface area contributed by atoms with E-state index in [0.717, 1.165) is 11.8 Å². The van der Waals surface area contributed by atoms with Crippen molar-refractivity contribution >= 4 is 45.9 Å². The molecule has 0 saturated carbocycles. The van der Waals surface area contributed by atoms with Crippen LogP contribution >= 0.6 is 24.0 Å². The summed E-state index contributed by atoms with van der Waals surface area (Å²) in [5, 5.41) is 0. The fourth-order valence-electron chi connectivity index (χ4n) is 3.09. The molecule has 0 spiro atoms. The van der Waals surface area contributed by atoms with Gasteiger partial charge >= 0.3 is 0 Å². The standard InChI is InChI=1S/C22H18FN3O4S2/c1-29-12-4-11-26-21(28)17(32-22(26)31)13-16-19(30-15-8-6-14(23)7-9-15)24-18-5-2-3-10-25(18)20(16)27/h2-3,5-10,13H,4,11-12H2,1H3/b17-13-. The number of aromatic nitrogens is 2. The molecule has 3 heterocycles. The largest absolute Gasteiger partial charge is 0.438 e. The number of carbonyl (C=O) groups excluding carboxylic acids is 1. The predicted octanol–water partition coefficient (Wildman–Crippen LogP) is 3.86. The van der Waals surface area contributed by atoms with Crippen molar-refractivity contribution < 1.29 is 18.7 Å². The number of hydrogen-bond acceptors (Lipinski definition) is 7. The normalized spacial score (nSPS) is 15.2. The van der Waals surface area contributed by atoms with Crippen LogP contribution in [-0.2, 0) is 9.53 Å². The lowest BCUT2D eigenvalue weighted by Gasteiger charge is -2.13. The Morgan fingerprint density at radius 2 is 1.97 bits per heavy atom. The van der Waals surface area contributed by atoms with E-state index >= 15 is 0 Å². The van der Waals surface area contributed by atoms with E-state index in [1.165, 1.54) is 39.6 Å². The van der Waals surface area contributed by atoms with Crippen molar-refractivity contribution in [3.8, 4) is 11.6 Å². The molecule has 1 fully saturated rings. The third-order valence-corrected chi connectivity index (χ3v) is 6.02. The van der Waals surface area contributed by atoms with Gasteiger partial charge in [-0.15, -0.1) is 0 Å². The highest BCUT2D eigenvalue weighted by Crippen LogP contribution is 2.34. The van der Waals surface area contributed by atoms with Gasteiger partial charge in [0.1, 0.15) is 27.1 Å². The van der Waals surface area contributed by atoms with E-state index < -0.39 is 11.4 Å². The number of thiocarbonyl (C=S) groups is 1. The number of fused-ring (bicyclic) bond motifs is 1. The molecule has 1 aromatic carbocycles. The van der Waals surface area contributed by atoms with Crippen molar-refractivity contribution in [3.63, 3.8) is 0 Å². The van der Waals surface area contributed by atoms with Crippen molar-refractivity contribution in [2.75, 3.05) is 20.3 Å². The highest BCUT2D eigenvalue weighted by molar-refractivity contribution is 8.26. The molecule has 2 aromatic heterocycles. The summed E-state index contributed by atoms with van der Waals surface area (Å²) in [6.45, 7) is 0.922. The minimum absolute atomic E-state index is 0.0115. The van der Waals surface area contributed by atoms with Crippen LogP contribution in [0.1, 0.15) is 12.0 Å². The highest BCUT2D eigenvalue weighted by Gasteiger charge is 2.32. The second-order valence-electron chi connectivity index (χ2n) is 6.80. The van der Waals surface area contributed by atoms with Gasteiger partial charge in [-0.25, -0.2) is 4.39 Å². The molecule has 4 rings (SSSR count). The lowest BCUT2D eigenvalue weighted by molar-refractivity contribution is -0.122. The van der Waals surface area contributed by atoms with Gasteiger partial charge < -0.3 is 9.47 Å². The molecule has 7 nitrogen and oxygen atoms in total. The number of ether oxygens (including phenoxy) is 2. The van der Waals surface area contributed by atoms with Crippen LogP contribution in [0.4, 0.5) is 4.39 Å². The molecule has 0 aliphatic carbocycles. The molecule has 1 amide bonds. The summed E-state index contributed by atoms with van der Waals surface area (Å²) >= 11 is 6.45. The van der Waals surface area contributed by atoms with Crippen LogP contribution in [0.5, 0.6) is 11.6 Å². The van der Waals surface area contributed by atoms with Gasteiger partial charge in [0.15, 0.2) is 0 Å². The zero-order chi connectivity index (χ0) is 22.7. The Bertz CT molecular complexity index is 1270. The molecule has 0 unspecified atom stereocenters. The number of benzene rings is 1. The Labute approximate surface area is 192 Å². The number of amides is 1. The minimum Gasteiger partial charge on any atom is -0.438 e. The third kappa shape index (κ3) is 4.57. The van der Waals surface area contributed by atoms with Crippen LogP contribution < -0.4 is 10.3 Å². The number of rotatable bonds is 7. The number of methoxy groups -OCH3 is 1. The quantitative estimate of drug-likeness (QED) is 0.294. The fourth-order valence-corrected chi connectivity index (χ4v) is 4.38. The molecule has 0 radical (unpaired) electrons. The van der Waals surface area contributed by atoms with Gasteiger partial charge in [0.05, 0.1) is 4.91 Å². The number of thioether (sulfide) groups is 1. The van der Waals surface area contributed by atoms with Crippen LogP contribution in [0.2, 0.25) is 0 Å². The second kappa shape index (κ2) is 9.60. The molecule has 0 atom stereocenters. The van der Waals surface area contributed by atoms with Crippen LogP contribution in [0, 0.1) is 5.82 Å². The van der Waals surface area contributed by atoms with E-state index in [9.17, 15) is 14.0 Å². The van der Waals surface area contributed by atoms with E-state index in [-0.39, 0.29) is 17.4 Å². The monoisotopic (exact) mass is 471 g/mol. The maximum atomic E-state index is 13.3. The number of hydrogen-bond donors (Lipinski definition) is 0. The van der Waals surface area contributed by atoms with Gasteiger partial charge in [0, 0.05) is 26.5 Å². The van der Waals surface area contributed by atoms with Gasteiger partial charge in [-0.3, -0.25) is 18.9 Å². The zero-order valence-corrected chi connectivity index (χ0v) is 18.6.